The van der Waals surface area contributed by atoms with Crippen LogP contribution in [0.1, 0.15) is 40.8 Å². The van der Waals surface area contributed by atoms with Gasteiger partial charge in [0.2, 0.25) is 5.91 Å². The number of benzene rings is 1. The predicted octanol–water partition coefficient (Wildman–Crippen LogP) is 5.52. The molecule has 1 fully saturated rings. The average Bonchev–Trinajstić information content (AvgIpc) is 3.16. The van der Waals surface area contributed by atoms with Crippen molar-refractivity contribution in [1.29, 1.82) is 0 Å². The van der Waals surface area contributed by atoms with Crippen LogP contribution in [0.4, 0.5) is 15.8 Å². The monoisotopic (exact) mass is 436 g/mol. The van der Waals surface area contributed by atoms with Gasteiger partial charge in [0.1, 0.15) is 5.67 Å². The molecule has 0 unspecified atom stereocenters. The third kappa shape index (κ3) is 3.67. The normalized spacial score (nSPS) is 17.8. The Morgan fingerprint density at radius 2 is 2.00 bits per heavy atom. The maximum Gasteiger partial charge on any atom is 0.227 e. The number of fused-ring (bicyclic) bond motifs is 1. The molecule has 1 aromatic heterocycles. The molecular weight excluding hydrogens is 415 g/mol. The zero-order chi connectivity index (χ0) is 18.5. The van der Waals surface area contributed by atoms with E-state index in [1.54, 1.807) is 11.3 Å². The fourth-order valence-corrected chi connectivity index (χ4v) is 5.42. The quantitative estimate of drug-likeness (QED) is 0.683. The highest BCUT2D eigenvalue weighted by atomic mass is 79.9. The van der Waals surface area contributed by atoms with Gasteiger partial charge < -0.3 is 10.2 Å². The molecular formula is C20H22BrFN2OS. The summed E-state index contributed by atoms with van der Waals surface area (Å²) in [6.07, 6.45) is 2.03. The number of carbonyl (C=O) groups excluding carboxylic acids is 1. The van der Waals surface area contributed by atoms with E-state index in [-0.39, 0.29) is 12.3 Å². The molecule has 1 aliphatic heterocycles. The van der Waals surface area contributed by atoms with Crippen molar-refractivity contribution in [2.24, 2.45) is 0 Å². The summed E-state index contributed by atoms with van der Waals surface area (Å²) in [4.78, 5) is 15.9. The van der Waals surface area contributed by atoms with E-state index in [2.05, 4.69) is 44.3 Å². The Bertz CT molecular complexity index is 852. The molecule has 2 aromatic rings. The van der Waals surface area contributed by atoms with E-state index < -0.39 is 5.67 Å². The van der Waals surface area contributed by atoms with Gasteiger partial charge in [0.25, 0.3) is 0 Å². The van der Waals surface area contributed by atoms with Crippen LogP contribution >= 0.6 is 27.3 Å². The number of alkyl halides is 1. The van der Waals surface area contributed by atoms with Gasteiger partial charge in [0, 0.05) is 22.8 Å². The lowest BCUT2D eigenvalue weighted by Gasteiger charge is -2.30. The minimum Gasteiger partial charge on any atom is -0.366 e. The van der Waals surface area contributed by atoms with E-state index in [1.165, 1.54) is 19.9 Å². The number of halogens is 2. The molecule has 4 rings (SSSR count). The van der Waals surface area contributed by atoms with Crippen LogP contribution in [0.5, 0.6) is 0 Å². The van der Waals surface area contributed by atoms with Crippen molar-refractivity contribution in [2.45, 2.75) is 51.7 Å². The van der Waals surface area contributed by atoms with Crippen molar-refractivity contribution in [3.05, 3.63) is 43.6 Å². The van der Waals surface area contributed by atoms with Crippen LogP contribution < -0.4 is 10.2 Å². The summed E-state index contributed by atoms with van der Waals surface area (Å²) in [5.74, 6) is -0.227. The summed E-state index contributed by atoms with van der Waals surface area (Å²) in [7, 11) is 0. The maximum absolute atomic E-state index is 13.8. The number of aryl methyl sites for hydroxylation is 2. The summed E-state index contributed by atoms with van der Waals surface area (Å²) in [6.45, 7) is 5.92. The van der Waals surface area contributed by atoms with E-state index in [4.69, 9.17) is 0 Å². The van der Waals surface area contributed by atoms with Crippen LogP contribution in [0.15, 0.2) is 22.0 Å². The SMILES string of the molecule is Cc1cc(N2CCc3cc(Br)sc3C2)cc(C)c1NC(=O)CC1(F)CC1. The standard InChI is InChI=1S/C20H22BrFN2OS/c1-12-7-15(24-6-3-14-9-17(21)26-16(14)11-24)8-13(2)19(12)23-18(25)10-20(22)4-5-20/h7-9H,3-6,10-11H2,1-2H3,(H,23,25). The van der Waals surface area contributed by atoms with Crippen molar-refractivity contribution in [3.63, 3.8) is 0 Å². The number of anilines is 2. The van der Waals surface area contributed by atoms with Crippen molar-refractivity contribution < 1.29 is 9.18 Å². The first-order chi connectivity index (χ1) is 12.3. The average molecular weight is 437 g/mol. The second kappa shape index (κ2) is 6.64. The molecule has 138 valence electrons. The highest BCUT2D eigenvalue weighted by molar-refractivity contribution is 9.11. The third-order valence-corrected chi connectivity index (χ3v) is 6.93. The number of nitrogens with one attached hydrogen (secondary N) is 1. The number of hydrogen-bond acceptors (Lipinski definition) is 3. The van der Waals surface area contributed by atoms with Crippen molar-refractivity contribution in [1.82, 2.24) is 0 Å². The summed E-state index contributed by atoms with van der Waals surface area (Å²) >= 11 is 5.38. The Hall–Kier alpha value is -1.40. The lowest BCUT2D eigenvalue weighted by Crippen LogP contribution is -2.29. The van der Waals surface area contributed by atoms with Crippen molar-refractivity contribution in [2.75, 3.05) is 16.8 Å². The van der Waals surface area contributed by atoms with E-state index in [0.29, 0.717) is 12.8 Å². The number of amides is 1. The minimum absolute atomic E-state index is 0.0320. The van der Waals surface area contributed by atoms with E-state index in [1.807, 2.05) is 13.8 Å². The van der Waals surface area contributed by atoms with Crippen LogP contribution in [-0.4, -0.2) is 18.1 Å². The van der Waals surface area contributed by atoms with E-state index in [0.717, 1.165) is 36.3 Å². The Morgan fingerprint density at radius 3 is 2.65 bits per heavy atom. The predicted molar refractivity (Wildman–Crippen MR) is 109 cm³/mol. The largest absolute Gasteiger partial charge is 0.366 e. The first kappa shape index (κ1) is 18.0. The Labute approximate surface area is 165 Å². The second-order valence-electron chi connectivity index (χ2n) is 7.50. The molecule has 1 amide bonds. The van der Waals surface area contributed by atoms with Gasteiger partial charge in [-0.15, -0.1) is 11.3 Å². The third-order valence-electron chi connectivity index (χ3n) is 5.27. The molecule has 0 radical (unpaired) electrons. The molecule has 0 atom stereocenters. The van der Waals surface area contributed by atoms with Gasteiger partial charge in [-0.3, -0.25) is 4.79 Å². The van der Waals surface area contributed by atoms with Crippen LogP contribution in [0.3, 0.4) is 0 Å². The van der Waals surface area contributed by atoms with E-state index >= 15 is 0 Å². The van der Waals surface area contributed by atoms with Crippen LogP contribution in [0.2, 0.25) is 0 Å². The van der Waals surface area contributed by atoms with Gasteiger partial charge in [0.15, 0.2) is 0 Å². The second-order valence-corrected chi connectivity index (χ2v) is 10.0. The summed E-state index contributed by atoms with van der Waals surface area (Å²) in [5.41, 5.74) is 4.23. The van der Waals surface area contributed by atoms with Crippen LogP contribution in [0, 0.1) is 13.8 Å². The first-order valence-electron chi connectivity index (χ1n) is 8.95. The Morgan fingerprint density at radius 1 is 1.31 bits per heavy atom. The van der Waals surface area contributed by atoms with Gasteiger partial charge in [-0.25, -0.2) is 4.39 Å². The zero-order valence-electron chi connectivity index (χ0n) is 15.0. The highest BCUT2D eigenvalue weighted by Gasteiger charge is 2.44. The van der Waals surface area contributed by atoms with Gasteiger partial charge in [-0.2, -0.15) is 0 Å². The number of carbonyl (C=O) groups is 1. The van der Waals surface area contributed by atoms with Crippen molar-refractivity contribution in [3.8, 4) is 0 Å². The molecule has 2 heterocycles. The fourth-order valence-electron chi connectivity index (χ4n) is 3.61. The molecule has 1 saturated carbocycles. The molecule has 1 N–H and O–H groups in total. The Kier molecular flexibility index (Phi) is 4.59. The first-order valence-corrected chi connectivity index (χ1v) is 10.6. The molecule has 6 heteroatoms. The van der Waals surface area contributed by atoms with E-state index in [9.17, 15) is 9.18 Å². The van der Waals surface area contributed by atoms with Gasteiger partial charge in [0.05, 0.1) is 16.8 Å². The lowest BCUT2D eigenvalue weighted by atomic mass is 10.0. The number of nitrogens with zero attached hydrogens (tertiary/aromatic N) is 1. The number of hydrogen-bond donors (Lipinski definition) is 1. The van der Waals surface area contributed by atoms with Crippen molar-refractivity contribution >= 4 is 44.5 Å². The summed E-state index contributed by atoms with van der Waals surface area (Å²) in [5, 5.41) is 2.92. The molecule has 0 spiro atoms. The smallest absolute Gasteiger partial charge is 0.227 e. The van der Waals surface area contributed by atoms with Crippen LogP contribution in [-0.2, 0) is 17.8 Å². The lowest BCUT2D eigenvalue weighted by molar-refractivity contribution is -0.117. The topological polar surface area (TPSA) is 32.3 Å². The highest BCUT2D eigenvalue weighted by Crippen LogP contribution is 2.43. The molecule has 3 nitrogen and oxygen atoms in total. The fraction of sp³-hybridized carbons (Fsp3) is 0.450. The number of thiophene rings is 1. The minimum atomic E-state index is -1.26. The summed E-state index contributed by atoms with van der Waals surface area (Å²) < 4.78 is 15.0. The molecule has 2 aliphatic rings. The number of rotatable bonds is 4. The van der Waals surface area contributed by atoms with Gasteiger partial charge >= 0.3 is 0 Å². The molecule has 0 bridgehead atoms. The molecule has 26 heavy (non-hydrogen) atoms. The zero-order valence-corrected chi connectivity index (χ0v) is 17.4. The maximum atomic E-state index is 13.8. The molecule has 1 aromatic carbocycles. The molecule has 0 saturated heterocycles. The summed E-state index contributed by atoms with van der Waals surface area (Å²) in [6, 6.07) is 6.47. The van der Waals surface area contributed by atoms with Crippen LogP contribution in [0.25, 0.3) is 0 Å². The van der Waals surface area contributed by atoms with Gasteiger partial charge in [-0.1, -0.05) is 0 Å². The Balaban J connectivity index is 1.51. The van der Waals surface area contributed by atoms with Gasteiger partial charge in [-0.05, 0) is 83.9 Å². The molecule has 1 aliphatic carbocycles.